The molecule has 0 aliphatic heterocycles. The normalized spacial score (nSPS) is 11.1. The third-order valence-corrected chi connectivity index (χ3v) is 6.22. The Kier molecular flexibility index (Phi) is 10.2. The molecule has 192 valence electrons. The smallest absolute Gasteiger partial charge is 0.302 e. The monoisotopic (exact) mass is 556 g/mol. The second kappa shape index (κ2) is 13.3. The molecule has 1 heterocycles. The van der Waals surface area contributed by atoms with Crippen LogP contribution in [-0.4, -0.2) is 53.9 Å². The van der Waals surface area contributed by atoms with E-state index in [1.807, 2.05) is 24.3 Å². The van der Waals surface area contributed by atoms with Crippen LogP contribution >= 0.6 is 15.9 Å². The van der Waals surface area contributed by atoms with Crippen LogP contribution in [0.15, 0.2) is 41.1 Å². The highest BCUT2D eigenvalue weighted by Crippen LogP contribution is 2.32. The molecule has 0 atom stereocenters. The maximum atomic E-state index is 11.8. The van der Waals surface area contributed by atoms with Crippen molar-refractivity contribution in [3.05, 3.63) is 52.3 Å². The number of methoxy groups -OCH3 is 1. The minimum absolute atomic E-state index is 0.0581. The highest BCUT2D eigenvalue weighted by molar-refractivity contribution is 9.10. The number of unbranched alkanes of at least 4 members (excludes halogenated alkanes) is 2. The lowest BCUT2D eigenvalue weighted by molar-refractivity contribution is -0.141. The molecule has 0 fully saturated rings. The number of fused-ring (bicyclic) bond motifs is 1. The molecule has 0 aliphatic carbocycles. The van der Waals surface area contributed by atoms with Crippen LogP contribution in [0.2, 0.25) is 0 Å². The molecule has 9 heteroatoms. The Morgan fingerprint density at radius 3 is 2.58 bits per heavy atom. The fourth-order valence-corrected chi connectivity index (χ4v) is 4.36. The summed E-state index contributed by atoms with van der Waals surface area (Å²) in [5.41, 5.74) is 3.61. The van der Waals surface area contributed by atoms with Crippen molar-refractivity contribution >= 4 is 50.1 Å². The van der Waals surface area contributed by atoms with E-state index in [4.69, 9.17) is 9.47 Å². The number of esters is 1. The molecule has 3 aromatic rings. The van der Waals surface area contributed by atoms with E-state index in [2.05, 4.69) is 49.2 Å². The number of nitrogens with one attached hydrogen (secondary N) is 1. The van der Waals surface area contributed by atoms with Gasteiger partial charge in [-0.1, -0.05) is 22.0 Å². The van der Waals surface area contributed by atoms with Gasteiger partial charge in [-0.05, 0) is 63.5 Å². The van der Waals surface area contributed by atoms with Gasteiger partial charge in [-0.2, -0.15) is 0 Å². The first-order valence-electron chi connectivity index (χ1n) is 11.9. The molecule has 0 bridgehead atoms. The van der Waals surface area contributed by atoms with E-state index < -0.39 is 0 Å². The van der Waals surface area contributed by atoms with Gasteiger partial charge in [-0.25, -0.2) is 9.97 Å². The third-order valence-electron chi connectivity index (χ3n) is 5.73. The minimum Gasteiger partial charge on any atom is -0.496 e. The van der Waals surface area contributed by atoms with E-state index in [1.54, 1.807) is 14.0 Å². The van der Waals surface area contributed by atoms with Crippen molar-refractivity contribution < 1.29 is 19.1 Å². The molecule has 1 N–H and O–H groups in total. The van der Waals surface area contributed by atoms with Gasteiger partial charge in [0.1, 0.15) is 23.7 Å². The van der Waals surface area contributed by atoms with Crippen molar-refractivity contribution in [1.29, 1.82) is 0 Å². The predicted molar refractivity (Wildman–Crippen MR) is 145 cm³/mol. The van der Waals surface area contributed by atoms with Crippen LogP contribution in [0.25, 0.3) is 10.9 Å². The number of hydrogen-bond acceptors (Lipinski definition) is 8. The molecule has 0 saturated carbocycles. The van der Waals surface area contributed by atoms with Gasteiger partial charge in [0.15, 0.2) is 0 Å². The van der Waals surface area contributed by atoms with Gasteiger partial charge in [0, 0.05) is 47.1 Å². The SMILES string of the molecule is COc1cc2ncnc(Nc3cc(Br)ccc3CN(C)CCCCCOC(C)=O)c2cc1CC(C)=O. The first-order chi connectivity index (χ1) is 17.3. The standard InChI is InChI=1S/C27H33BrN4O4/c1-18(33)12-21-13-23-25(15-26(21)35-4)29-17-30-27(23)31-24-14-22(28)9-8-20(24)16-32(3)10-6-5-7-11-36-19(2)34/h8-9,13-15,17H,5-7,10-12,16H2,1-4H3,(H,29,30,31). The van der Waals surface area contributed by atoms with Gasteiger partial charge >= 0.3 is 5.97 Å². The number of anilines is 2. The highest BCUT2D eigenvalue weighted by Gasteiger charge is 2.14. The molecule has 1 aromatic heterocycles. The van der Waals surface area contributed by atoms with E-state index in [1.165, 1.54) is 13.3 Å². The fourth-order valence-electron chi connectivity index (χ4n) is 4.00. The number of Topliss-reactive ketones (excluding diaryl/α,β-unsaturated/α-hetero) is 1. The van der Waals surface area contributed by atoms with Crippen LogP contribution in [0.4, 0.5) is 11.5 Å². The maximum absolute atomic E-state index is 11.8. The van der Waals surface area contributed by atoms with Crippen molar-refractivity contribution in [2.24, 2.45) is 0 Å². The summed E-state index contributed by atoms with van der Waals surface area (Å²) in [5, 5.41) is 4.31. The summed E-state index contributed by atoms with van der Waals surface area (Å²) in [5.74, 6) is 1.13. The summed E-state index contributed by atoms with van der Waals surface area (Å²) in [6.45, 7) is 5.16. The highest BCUT2D eigenvalue weighted by atomic mass is 79.9. The number of ether oxygens (including phenoxy) is 2. The zero-order valence-electron chi connectivity index (χ0n) is 21.3. The molecule has 0 unspecified atom stereocenters. The number of rotatable bonds is 13. The van der Waals surface area contributed by atoms with Crippen LogP contribution in [0.5, 0.6) is 5.75 Å². The molecule has 0 saturated heterocycles. The summed E-state index contributed by atoms with van der Waals surface area (Å²) < 4.78 is 11.4. The Morgan fingerprint density at radius 1 is 1.06 bits per heavy atom. The largest absolute Gasteiger partial charge is 0.496 e. The molecule has 8 nitrogen and oxygen atoms in total. The summed E-state index contributed by atoms with van der Waals surface area (Å²) in [7, 11) is 3.69. The average molecular weight is 557 g/mol. The van der Waals surface area contributed by atoms with Crippen LogP contribution in [0.3, 0.4) is 0 Å². The number of aromatic nitrogens is 2. The number of benzene rings is 2. The Morgan fingerprint density at radius 2 is 1.86 bits per heavy atom. The van der Waals surface area contributed by atoms with Gasteiger partial charge in [0.2, 0.25) is 0 Å². The van der Waals surface area contributed by atoms with E-state index >= 15 is 0 Å². The number of carbonyl (C=O) groups excluding carboxylic acids is 2. The van der Waals surface area contributed by atoms with E-state index in [-0.39, 0.29) is 18.2 Å². The van der Waals surface area contributed by atoms with Gasteiger partial charge in [0.25, 0.3) is 0 Å². The van der Waals surface area contributed by atoms with Crippen LogP contribution in [0.1, 0.15) is 44.2 Å². The maximum Gasteiger partial charge on any atom is 0.302 e. The molecule has 36 heavy (non-hydrogen) atoms. The lowest BCUT2D eigenvalue weighted by atomic mass is 10.0. The summed E-state index contributed by atoms with van der Waals surface area (Å²) >= 11 is 3.58. The Bertz CT molecular complexity index is 1220. The molecule has 3 rings (SSSR count). The van der Waals surface area contributed by atoms with Crippen molar-refractivity contribution in [1.82, 2.24) is 14.9 Å². The van der Waals surface area contributed by atoms with Crippen molar-refractivity contribution in [2.45, 2.75) is 46.1 Å². The number of ketones is 1. The van der Waals surface area contributed by atoms with Crippen molar-refractivity contribution in [3.8, 4) is 5.75 Å². The van der Waals surface area contributed by atoms with Gasteiger partial charge < -0.3 is 19.7 Å². The van der Waals surface area contributed by atoms with Crippen LogP contribution < -0.4 is 10.1 Å². The molecule has 2 aromatic carbocycles. The number of halogens is 1. The number of carbonyl (C=O) groups is 2. The zero-order chi connectivity index (χ0) is 26.1. The lowest BCUT2D eigenvalue weighted by Gasteiger charge is -2.20. The molecule has 0 radical (unpaired) electrons. The summed E-state index contributed by atoms with van der Waals surface area (Å²) in [6, 6.07) is 9.93. The van der Waals surface area contributed by atoms with Crippen molar-refractivity contribution in [2.75, 3.05) is 32.6 Å². The third kappa shape index (κ3) is 7.99. The van der Waals surface area contributed by atoms with E-state index in [0.29, 0.717) is 18.2 Å². The minimum atomic E-state index is -0.229. The topological polar surface area (TPSA) is 93.7 Å². The Labute approximate surface area is 220 Å². The average Bonchev–Trinajstić information content (AvgIpc) is 2.82. The Balaban J connectivity index is 1.77. The quantitative estimate of drug-likeness (QED) is 0.219. The van der Waals surface area contributed by atoms with Gasteiger partial charge in [-0.3, -0.25) is 9.59 Å². The predicted octanol–water partition coefficient (Wildman–Crippen LogP) is 5.44. The lowest BCUT2D eigenvalue weighted by Crippen LogP contribution is -2.20. The zero-order valence-corrected chi connectivity index (χ0v) is 22.9. The summed E-state index contributed by atoms with van der Waals surface area (Å²) in [6.07, 6.45) is 4.70. The fraction of sp³-hybridized carbons (Fsp3) is 0.407. The molecule has 0 spiro atoms. The van der Waals surface area contributed by atoms with Crippen LogP contribution in [-0.2, 0) is 27.3 Å². The summed E-state index contributed by atoms with van der Waals surface area (Å²) in [4.78, 5) is 33.8. The molecule has 0 aliphatic rings. The first-order valence-corrected chi connectivity index (χ1v) is 12.7. The van der Waals surface area contributed by atoms with Gasteiger partial charge in [-0.15, -0.1) is 0 Å². The Hall–Kier alpha value is -3.04. The first kappa shape index (κ1) is 27.5. The van der Waals surface area contributed by atoms with E-state index in [0.717, 1.165) is 64.5 Å². The molecule has 0 amide bonds. The number of hydrogen-bond donors (Lipinski definition) is 1. The second-order valence-corrected chi connectivity index (χ2v) is 9.76. The van der Waals surface area contributed by atoms with E-state index in [9.17, 15) is 9.59 Å². The molecular formula is C27H33BrN4O4. The second-order valence-electron chi connectivity index (χ2n) is 8.85. The number of nitrogens with zero attached hydrogens (tertiary/aromatic N) is 3. The van der Waals surface area contributed by atoms with Crippen molar-refractivity contribution in [3.63, 3.8) is 0 Å². The van der Waals surface area contributed by atoms with Gasteiger partial charge in [0.05, 0.1) is 19.2 Å². The molecular weight excluding hydrogens is 524 g/mol. The van der Waals surface area contributed by atoms with Crippen LogP contribution in [0, 0.1) is 0 Å².